The number of allylic oxidation sites excluding steroid dienone is 2. The second-order valence-electron chi connectivity index (χ2n) is 4.14. The molecule has 0 aliphatic rings. The van der Waals surface area contributed by atoms with Crippen molar-refractivity contribution in [2.24, 2.45) is 11.8 Å². The quantitative estimate of drug-likeness (QED) is 0.453. The van der Waals surface area contributed by atoms with Gasteiger partial charge in [-0.2, -0.15) is 0 Å². The normalized spacial score (nSPS) is 16.8. The lowest BCUT2D eigenvalue weighted by molar-refractivity contribution is -0.110. The van der Waals surface area contributed by atoms with Crippen LogP contribution in [-0.4, -0.2) is 6.29 Å². The Morgan fingerprint density at radius 3 is 2.38 bits per heavy atom. The third-order valence-electron chi connectivity index (χ3n) is 2.51. The van der Waals surface area contributed by atoms with Crippen LogP contribution in [0.2, 0.25) is 0 Å². The summed E-state index contributed by atoms with van der Waals surface area (Å²) in [5, 5.41) is 0. The molecular formula is C12H22O. The smallest absolute Gasteiger partial charge is 0.122 e. The van der Waals surface area contributed by atoms with Crippen LogP contribution in [0.15, 0.2) is 11.6 Å². The Morgan fingerprint density at radius 1 is 1.31 bits per heavy atom. The predicted molar refractivity (Wildman–Crippen MR) is 57.7 cm³/mol. The van der Waals surface area contributed by atoms with Crippen molar-refractivity contribution in [1.82, 2.24) is 0 Å². The Balaban J connectivity index is 3.62. The number of hydrogen-bond acceptors (Lipinski definition) is 1. The molecule has 1 nitrogen and oxygen atoms in total. The summed E-state index contributed by atoms with van der Waals surface area (Å²) in [6, 6.07) is 0. The molecule has 0 radical (unpaired) electrons. The lowest BCUT2D eigenvalue weighted by Gasteiger charge is -2.12. The third-order valence-corrected chi connectivity index (χ3v) is 2.51. The zero-order valence-electron chi connectivity index (χ0n) is 9.34. The molecule has 0 aliphatic carbocycles. The summed E-state index contributed by atoms with van der Waals surface area (Å²) < 4.78 is 0. The Bertz CT molecular complexity index is 170. The minimum Gasteiger partial charge on any atom is -0.303 e. The van der Waals surface area contributed by atoms with Gasteiger partial charge in [0, 0.05) is 5.92 Å². The molecule has 0 rings (SSSR count). The molecule has 0 amide bonds. The van der Waals surface area contributed by atoms with Crippen molar-refractivity contribution in [1.29, 1.82) is 0 Å². The first-order valence-corrected chi connectivity index (χ1v) is 5.17. The average molecular weight is 182 g/mol. The van der Waals surface area contributed by atoms with Gasteiger partial charge in [-0.15, -0.1) is 0 Å². The molecule has 0 fully saturated rings. The highest BCUT2D eigenvalue weighted by Crippen LogP contribution is 2.18. The van der Waals surface area contributed by atoms with E-state index in [0.717, 1.165) is 19.1 Å². The van der Waals surface area contributed by atoms with Gasteiger partial charge in [0.25, 0.3) is 0 Å². The van der Waals surface area contributed by atoms with Crippen molar-refractivity contribution in [2.45, 2.75) is 47.0 Å². The molecular weight excluding hydrogens is 160 g/mol. The highest BCUT2D eigenvalue weighted by Gasteiger charge is 2.05. The summed E-state index contributed by atoms with van der Waals surface area (Å²) in [5.74, 6) is 0.937. The van der Waals surface area contributed by atoms with Crippen LogP contribution in [0.1, 0.15) is 47.0 Å². The molecule has 0 aromatic carbocycles. The van der Waals surface area contributed by atoms with Crippen LogP contribution >= 0.6 is 0 Å². The first-order chi connectivity index (χ1) is 6.10. The molecule has 76 valence electrons. The van der Waals surface area contributed by atoms with Gasteiger partial charge in [-0.3, -0.25) is 0 Å². The van der Waals surface area contributed by atoms with Crippen molar-refractivity contribution < 1.29 is 4.79 Å². The standard InChI is InChI=1S/C12H22O/c1-5-10(2)8-11(3)6-7-12(4)9-13/h5,9,11-12H,6-8H2,1-4H3. The minimum atomic E-state index is 0.230. The molecule has 0 heterocycles. The lowest BCUT2D eigenvalue weighted by Crippen LogP contribution is -2.01. The second kappa shape index (κ2) is 6.88. The maximum Gasteiger partial charge on any atom is 0.122 e. The monoisotopic (exact) mass is 182 g/mol. The largest absolute Gasteiger partial charge is 0.303 e. The van der Waals surface area contributed by atoms with Crippen molar-refractivity contribution in [3.05, 3.63) is 11.6 Å². The molecule has 1 heteroatoms. The van der Waals surface area contributed by atoms with Gasteiger partial charge in [0.15, 0.2) is 0 Å². The van der Waals surface area contributed by atoms with E-state index < -0.39 is 0 Å². The van der Waals surface area contributed by atoms with Crippen molar-refractivity contribution >= 4 is 6.29 Å². The van der Waals surface area contributed by atoms with Crippen molar-refractivity contribution in [3.8, 4) is 0 Å². The average Bonchev–Trinajstić information content (AvgIpc) is 2.13. The van der Waals surface area contributed by atoms with Crippen LogP contribution in [0.25, 0.3) is 0 Å². The fourth-order valence-electron chi connectivity index (χ4n) is 1.39. The summed E-state index contributed by atoms with van der Waals surface area (Å²) in [4.78, 5) is 10.4. The minimum absolute atomic E-state index is 0.230. The molecule has 2 unspecified atom stereocenters. The zero-order chi connectivity index (χ0) is 10.3. The van der Waals surface area contributed by atoms with E-state index in [4.69, 9.17) is 0 Å². The summed E-state index contributed by atoms with van der Waals surface area (Å²) in [6.07, 6.45) is 6.57. The summed E-state index contributed by atoms with van der Waals surface area (Å²) in [6.45, 7) is 8.49. The van der Waals surface area contributed by atoms with Crippen LogP contribution in [0.4, 0.5) is 0 Å². The van der Waals surface area contributed by atoms with Gasteiger partial charge in [-0.05, 0) is 39.0 Å². The Kier molecular flexibility index (Phi) is 6.56. The topological polar surface area (TPSA) is 17.1 Å². The molecule has 0 saturated heterocycles. The van der Waals surface area contributed by atoms with Crippen LogP contribution < -0.4 is 0 Å². The molecule has 0 spiro atoms. The Labute approximate surface area is 82.2 Å². The third kappa shape index (κ3) is 6.56. The van der Waals surface area contributed by atoms with Gasteiger partial charge in [-0.25, -0.2) is 0 Å². The molecule has 0 bridgehead atoms. The van der Waals surface area contributed by atoms with Crippen molar-refractivity contribution in [3.63, 3.8) is 0 Å². The molecule has 0 aromatic heterocycles. The summed E-state index contributed by atoms with van der Waals surface area (Å²) in [5.41, 5.74) is 1.45. The van der Waals surface area contributed by atoms with Crippen LogP contribution in [0.5, 0.6) is 0 Å². The fourth-order valence-corrected chi connectivity index (χ4v) is 1.39. The van der Waals surface area contributed by atoms with Crippen molar-refractivity contribution in [2.75, 3.05) is 0 Å². The fraction of sp³-hybridized carbons (Fsp3) is 0.750. The van der Waals surface area contributed by atoms with Gasteiger partial charge in [-0.1, -0.05) is 25.5 Å². The van der Waals surface area contributed by atoms with Gasteiger partial charge in [0.2, 0.25) is 0 Å². The Morgan fingerprint density at radius 2 is 1.92 bits per heavy atom. The van der Waals surface area contributed by atoms with E-state index in [2.05, 4.69) is 26.8 Å². The molecule has 2 atom stereocenters. The number of carbonyl (C=O) groups is 1. The van der Waals surface area contributed by atoms with Crippen LogP contribution in [-0.2, 0) is 4.79 Å². The van der Waals surface area contributed by atoms with E-state index in [1.54, 1.807) is 0 Å². The molecule has 0 aliphatic heterocycles. The zero-order valence-corrected chi connectivity index (χ0v) is 9.34. The van der Waals surface area contributed by atoms with E-state index >= 15 is 0 Å². The SMILES string of the molecule is CC=C(C)CC(C)CCC(C)C=O. The molecule has 0 saturated carbocycles. The summed E-state index contributed by atoms with van der Waals surface area (Å²) >= 11 is 0. The molecule has 13 heavy (non-hydrogen) atoms. The number of carbonyl (C=O) groups excluding carboxylic acids is 1. The van der Waals surface area contributed by atoms with Gasteiger partial charge < -0.3 is 4.79 Å². The first-order valence-electron chi connectivity index (χ1n) is 5.17. The number of hydrogen-bond donors (Lipinski definition) is 0. The number of rotatable bonds is 6. The highest BCUT2D eigenvalue weighted by molar-refractivity contribution is 5.52. The van der Waals surface area contributed by atoms with E-state index in [0.29, 0.717) is 5.92 Å². The van der Waals surface area contributed by atoms with Gasteiger partial charge in [0.1, 0.15) is 6.29 Å². The maximum atomic E-state index is 10.4. The van der Waals surface area contributed by atoms with E-state index in [9.17, 15) is 4.79 Å². The predicted octanol–water partition coefficient (Wildman–Crippen LogP) is 3.59. The van der Waals surface area contributed by atoms with Crippen LogP contribution in [0, 0.1) is 11.8 Å². The second-order valence-corrected chi connectivity index (χ2v) is 4.14. The van der Waals surface area contributed by atoms with Gasteiger partial charge >= 0.3 is 0 Å². The summed E-state index contributed by atoms with van der Waals surface area (Å²) in [7, 11) is 0. The number of aldehydes is 1. The Hall–Kier alpha value is -0.590. The maximum absolute atomic E-state index is 10.4. The molecule has 0 N–H and O–H groups in total. The van der Waals surface area contributed by atoms with E-state index in [1.165, 1.54) is 12.0 Å². The first kappa shape index (κ1) is 12.4. The molecule has 0 aromatic rings. The van der Waals surface area contributed by atoms with Crippen LogP contribution in [0.3, 0.4) is 0 Å². The van der Waals surface area contributed by atoms with Gasteiger partial charge in [0.05, 0.1) is 0 Å². The highest BCUT2D eigenvalue weighted by atomic mass is 16.1. The van der Waals surface area contributed by atoms with E-state index in [-0.39, 0.29) is 5.92 Å². The van der Waals surface area contributed by atoms with E-state index in [1.807, 2.05) is 6.92 Å². The lowest BCUT2D eigenvalue weighted by atomic mass is 9.94.